The quantitative estimate of drug-likeness (QED) is 0.746. The molecule has 128 valence electrons. The molecule has 2 nitrogen and oxygen atoms in total. The largest absolute Gasteiger partial charge is 0.507 e. The highest BCUT2D eigenvalue weighted by atomic mass is 35.5. The van der Waals surface area contributed by atoms with Gasteiger partial charge in [-0.15, -0.1) is 12.4 Å². The predicted molar refractivity (Wildman–Crippen MR) is 103 cm³/mol. The molecule has 2 rings (SSSR count). The average Bonchev–Trinajstić information content (AvgIpc) is 2.89. The zero-order chi connectivity index (χ0) is 16.7. The summed E-state index contributed by atoms with van der Waals surface area (Å²) in [6, 6.07) is 6.03. The Morgan fingerprint density at radius 2 is 1.43 bits per heavy atom. The lowest BCUT2D eigenvalue weighted by molar-refractivity contribution is 0.422. The maximum Gasteiger partial charge on any atom is 0.123 e. The standard InChI is InChI=1S/C19H27NOS.ClH/c1-18(2,3)14-9-13(16(20)12-7-8-22-11-12)10-15(17(14)21)19(4,5)6;/h7-11,16,21H,20H2,1-6H3;1H/t16-;/m1./s1. The van der Waals surface area contributed by atoms with Crippen LogP contribution in [0.1, 0.15) is 69.8 Å². The van der Waals surface area contributed by atoms with Crippen molar-refractivity contribution in [3.63, 3.8) is 0 Å². The maximum absolute atomic E-state index is 10.8. The molecule has 0 saturated heterocycles. The van der Waals surface area contributed by atoms with E-state index in [9.17, 15) is 5.11 Å². The number of rotatable bonds is 2. The number of aromatic hydroxyl groups is 1. The molecule has 0 aliphatic heterocycles. The number of halogens is 1. The lowest BCUT2D eigenvalue weighted by Gasteiger charge is -2.29. The van der Waals surface area contributed by atoms with Gasteiger partial charge in [-0.25, -0.2) is 0 Å². The van der Waals surface area contributed by atoms with Gasteiger partial charge in [-0.1, -0.05) is 41.5 Å². The van der Waals surface area contributed by atoms with Crippen LogP contribution in [0.5, 0.6) is 5.75 Å². The molecule has 0 aliphatic carbocycles. The highest BCUT2D eigenvalue weighted by molar-refractivity contribution is 7.08. The average molecular weight is 354 g/mol. The van der Waals surface area contributed by atoms with Crippen molar-refractivity contribution in [2.45, 2.75) is 58.4 Å². The van der Waals surface area contributed by atoms with Crippen LogP contribution >= 0.6 is 23.7 Å². The Hall–Kier alpha value is -1.03. The number of hydrogen-bond acceptors (Lipinski definition) is 3. The Labute approximate surface area is 150 Å². The Kier molecular flexibility index (Phi) is 5.95. The molecule has 0 fully saturated rings. The number of nitrogens with two attached hydrogens (primary N) is 1. The molecule has 0 saturated carbocycles. The van der Waals surface area contributed by atoms with Crippen LogP contribution in [0, 0.1) is 0 Å². The van der Waals surface area contributed by atoms with Crippen molar-refractivity contribution >= 4 is 23.7 Å². The van der Waals surface area contributed by atoms with Crippen LogP contribution in [-0.2, 0) is 10.8 Å². The molecule has 0 aliphatic rings. The Morgan fingerprint density at radius 3 is 1.78 bits per heavy atom. The van der Waals surface area contributed by atoms with Gasteiger partial charge in [0, 0.05) is 0 Å². The van der Waals surface area contributed by atoms with E-state index in [1.165, 1.54) is 0 Å². The van der Waals surface area contributed by atoms with Gasteiger partial charge < -0.3 is 10.8 Å². The fourth-order valence-electron chi connectivity index (χ4n) is 2.62. The van der Waals surface area contributed by atoms with E-state index in [0.29, 0.717) is 5.75 Å². The van der Waals surface area contributed by atoms with Gasteiger partial charge in [0.25, 0.3) is 0 Å². The molecule has 0 unspecified atom stereocenters. The van der Waals surface area contributed by atoms with Gasteiger partial charge in [0.05, 0.1) is 6.04 Å². The van der Waals surface area contributed by atoms with Crippen LogP contribution < -0.4 is 5.73 Å². The molecule has 0 spiro atoms. The minimum absolute atomic E-state index is 0. The van der Waals surface area contributed by atoms with E-state index in [1.807, 2.05) is 5.38 Å². The van der Waals surface area contributed by atoms with E-state index in [0.717, 1.165) is 22.3 Å². The van der Waals surface area contributed by atoms with Gasteiger partial charge in [0.1, 0.15) is 5.75 Å². The van der Waals surface area contributed by atoms with Crippen molar-refractivity contribution in [1.29, 1.82) is 0 Å². The van der Waals surface area contributed by atoms with Crippen LogP contribution in [0.4, 0.5) is 0 Å². The first kappa shape index (κ1) is 20.0. The van der Waals surface area contributed by atoms with Gasteiger partial charge >= 0.3 is 0 Å². The summed E-state index contributed by atoms with van der Waals surface area (Å²) in [6.07, 6.45) is 0. The first-order chi connectivity index (χ1) is 10.0. The summed E-state index contributed by atoms with van der Waals surface area (Å²) >= 11 is 1.66. The van der Waals surface area contributed by atoms with Gasteiger partial charge in [-0.2, -0.15) is 11.3 Å². The van der Waals surface area contributed by atoms with Gasteiger partial charge in [-0.05, 0) is 62.0 Å². The minimum atomic E-state index is -0.158. The van der Waals surface area contributed by atoms with Gasteiger partial charge in [0.2, 0.25) is 0 Å². The Bertz CT molecular complexity index is 616. The van der Waals surface area contributed by atoms with Crippen LogP contribution in [-0.4, -0.2) is 5.11 Å². The second kappa shape index (κ2) is 6.84. The van der Waals surface area contributed by atoms with Crippen LogP contribution in [0.15, 0.2) is 29.0 Å². The first-order valence-corrected chi connectivity index (χ1v) is 8.61. The minimum Gasteiger partial charge on any atom is -0.507 e. The topological polar surface area (TPSA) is 46.2 Å². The van der Waals surface area contributed by atoms with E-state index in [1.54, 1.807) is 11.3 Å². The van der Waals surface area contributed by atoms with Crippen LogP contribution in [0.2, 0.25) is 0 Å². The van der Waals surface area contributed by atoms with E-state index in [-0.39, 0.29) is 29.3 Å². The zero-order valence-corrected chi connectivity index (χ0v) is 16.4. The third kappa shape index (κ3) is 4.28. The van der Waals surface area contributed by atoms with Crippen molar-refractivity contribution in [3.8, 4) is 5.75 Å². The summed E-state index contributed by atoms with van der Waals surface area (Å²) in [5, 5.41) is 14.9. The molecular formula is C19H28ClNOS. The first-order valence-electron chi connectivity index (χ1n) is 7.67. The highest BCUT2D eigenvalue weighted by Gasteiger charge is 2.27. The predicted octanol–water partition coefficient (Wildman–Crippen LogP) is 5.52. The summed E-state index contributed by atoms with van der Waals surface area (Å²) in [5.41, 5.74) is 10.3. The van der Waals surface area contributed by atoms with Gasteiger partial charge in [0.15, 0.2) is 0 Å². The second-order valence-electron chi connectivity index (χ2n) is 8.00. The van der Waals surface area contributed by atoms with Crippen LogP contribution in [0.25, 0.3) is 0 Å². The molecule has 0 bridgehead atoms. The Morgan fingerprint density at radius 1 is 0.957 bits per heavy atom. The number of hydrogen-bond donors (Lipinski definition) is 2. The monoisotopic (exact) mass is 353 g/mol. The molecule has 2 aromatic rings. The van der Waals surface area contributed by atoms with Crippen LogP contribution in [0.3, 0.4) is 0 Å². The number of thiophene rings is 1. The summed E-state index contributed by atoms with van der Waals surface area (Å²) < 4.78 is 0. The summed E-state index contributed by atoms with van der Waals surface area (Å²) in [5.74, 6) is 0.404. The second-order valence-corrected chi connectivity index (χ2v) is 8.78. The van der Waals surface area contributed by atoms with Crippen molar-refractivity contribution in [3.05, 3.63) is 51.2 Å². The molecule has 1 aromatic carbocycles. The van der Waals surface area contributed by atoms with E-state index in [2.05, 4.69) is 65.1 Å². The fourth-order valence-corrected chi connectivity index (χ4v) is 3.32. The summed E-state index contributed by atoms with van der Waals surface area (Å²) in [6.45, 7) is 12.7. The fraction of sp³-hybridized carbons (Fsp3) is 0.474. The highest BCUT2D eigenvalue weighted by Crippen LogP contribution is 2.41. The molecule has 3 N–H and O–H groups in total. The smallest absolute Gasteiger partial charge is 0.123 e. The number of phenols is 1. The molecule has 1 aromatic heterocycles. The SMILES string of the molecule is CC(C)(C)c1cc([C@H](N)c2ccsc2)cc(C(C)(C)C)c1O.Cl. The Balaban J connectivity index is 0.00000264. The lowest BCUT2D eigenvalue weighted by Crippen LogP contribution is -2.20. The van der Waals surface area contributed by atoms with Crippen molar-refractivity contribution in [2.24, 2.45) is 5.73 Å². The molecule has 23 heavy (non-hydrogen) atoms. The molecule has 1 atom stereocenters. The third-order valence-corrected chi connectivity index (χ3v) is 4.71. The van der Waals surface area contributed by atoms with E-state index in [4.69, 9.17) is 5.73 Å². The molecule has 4 heteroatoms. The van der Waals surface area contributed by atoms with Crippen molar-refractivity contribution in [2.75, 3.05) is 0 Å². The van der Waals surface area contributed by atoms with Gasteiger partial charge in [-0.3, -0.25) is 0 Å². The lowest BCUT2D eigenvalue weighted by atomic mass is 9.77. The molecular weight excluding hydrogens is 326 g/mol. The molecule has 0 radical (unpaired) electrons. The normalized spacial score (nSPS) is 13.5. The van der Waals surface area contributed by atoms with Crippen molar-refractivity contribution < 1.29 is 5.11 Å². The summed E-state index contributed by atoms with van der Waals surface area (Å²) in [7, 11) is 0. The van der Waals surface area contributed by atoms with Crippen molar-refractivity contribution in [1.82, 2.24) is 0 Å². The number of phenolic OH excluding ortho intramolecular Hbond substituents is 1. The molecule has 0 amide bonds. The van der Waals surface area contributed by atoms with E-state index < -0.39 is 0 Å². The zero-order valence-electron chi connectivity index (χ0n) is 14.8. The van der Waals surface area contributed by atoms with E-state index >= 15 is 0 Å². The number of benzene rings is 1. The summed E-state index contributed by atoms with van der Waals surface area (Å²) in [4.78, 5) is 0. The maximum atomic E-state index is 10.8. The molecule has 1 heterocycles. The third-order valence-electron chi connectivity index (χ3n) is 4.01.